The summed E-state index contributed by atoms with van der Waals surface area (Å²) < 4.78 is 0. The van der Waals surface area contributed by atoms with Crippen molar-refractivity contribution in [1.29, 1.82) is 21.2 Å². The summed E-state index contributed by atoms with van der Waals surface area (Å²) in [5.41, 5.74) is 1.06. The Kier molecular flexibility index (Phi) is 4.71. The first-order chi connectivity index (χ1) is 14.2. The average Bonchev–Trinajstić information content (AvgIpc) is 2.79. The molecule has 0 aliphatic heterocycles. The molecule has 1 aromatic carbocycles. The van der Waals surface area contributed by atoms with Crippen LogP contribution in [-0.4, -0.2) is 10.7 Å². The van der Waals surface area contributed by atoms with Crippen molar-refractivity contribution in [3.05, 3.63) is 77.6 Å². The molecule has 4 atom stereocenters. The number of nitrogens with zero attached hydrogens (tertiary/aromatic N) is 4. The van der Waals surface area contributed by atoms with Crippen LogP contribution in [0, 0.1) is 56.7 Å². The van der Waals surface area contributed by atoms with Gasteiger partial charge in [-0.05, 0) is 47.4 Å². The Labute approximate surface area is 170 Å². The molecule has 2 aliphatic carbocycles. The number of nitriles is 3. The Hall–Kier alpha value is -3.75. The topological polar surface area (TPSA) is 108 Å². The van der Waals surface area contributed by atoms with E-state index in [4.69, 9.17) is 5.41 Å². The molecule has 0 saturated heterocycles. The lowest BCUT2D eigenvalue weighted by atomic mass is 9.52. The number of rotatable bonds is 2. The Morgan fingerprint density at radius 2 is 1.72 bits per heavy atom. The Bertz CT molecular complexity index is 1070. The minimum Gasteiger partial charge on any atom is -0.305 e. The van der Waals surface area contributed by atoms with Crippen LogP contribution in [0.25, 0.3) is 0 Å². The summed E-state index contributed by atoms with van der Waals surface area (Å²) >= 11 is 0. The van der Waals surface area contributed by atoms with E-state index >= 15 is 0 Å². The molecule has 1 unspecified atom stereocenters. The van der Waals surface area contributed by atoms with Gasteiger partial charge >= 0.3 is 0 Å². The Morgan fingerprint density at radius 3 is 2.34 bits per heavy atom. The first-order valence-corrected chi connectivity index (χ1v) is 9.62. The van der Waals surface area contributed by atoms with Crippen molar-refractivity contribution in [3.8, 4) is 18.2 Å². The SMILES string of the molecule is N#CC1C(=N)C(C#N)(C#N)[C@@H](c2cccnc2)[C@@H]2C[C@@H](c3ccccc3)CC=C12. The van der Waals surface area contributed by atoms with E-state index < -0.39 is 17.3 Å². The van der Waals surface area contributed by atoms with Crippen LogP contribution in [0.2, 0.25) is 0 Å². The van der Waals surface area contributed by atoms with Crippen LogP contribution >= 0.6 is 0 Å². The van der Waals surface area contributed by atoms with Crippen LogP contribution in [-0.2, 0) is 0 Å². The van der Waals surface area contributed by atoms with Gasteiger partial charge in [-0.15, -0.1) is 0 Å². The Morgan fingerprint density at radius 1 is 1.00 bits per heavy atom. The molecule has 29 heavy (non-hydrogen) atoms. The van der Waals surface area contributed by atoms with Gasteiger partial charge in [0.15, 0.2) is 5.41 Å². The molecule has 0 spiro atoms. The van der Waals surface area contributed by atoms with Crippen molar-refractivity contribution in [2.24, 2.45) is 17.3 Å². The number of allylic oxidation sites excluding steroid dienone is 2. The van der Waals surface area contributed by atoms with Crippen molar-refractivity contribution in [3.63, 3.8) is 0 Å². The molecule has 0 radical (unpaired) electrons. The van der Waals surface area contributed by atoms with Crippen molar-refractivity contribution in [2.45, 2.75) is 24.7 Å². The highest BCUT2D eigenvalue weighted by Crippen LogP contribution is 2.56. The first-order valence-electron chi connectivity index (χ1n) is 9.62. The third-order valence-electron chi connectivity index (χ3n) is 6.32. The molecular weight excluding hydrogens is 358 g/mol. The monoisotopic (exact) mass is 377 g/mol. The molecule has 1 fully saturated rings. The predicted molar refractivity (Wildman–Crippen MR) is 107 cm³/mol. The van der Waals surface area contributed by atoms with Gasteiger partial charge in [-0.25, -0.2) is 0 Å². The molecular formula is C24H19N5. The lowest BCUT2D eigenvalue weighted by Crippen LogP contribution is -2.49. The predicted octanol–water partition coefficient (Wildman–Crippen LogP) is 4.49. The maximum Gasteiger partial charge on any atom is 0.189 e. The second-order valence-electron chi connectivity index (χ2n) is 7.66. The summed E-state index contributed by atoms with van der Waals surface area (Å²) in [6, 6.07) is 20.3. The summed E-state index contributed by atoms with van der Waals surface area (Å²) in [4.78, 5) is 4.20. The molecule has 140 valence electrons. The van der Waals surface area contributed by atoms with Gasteiger partial charge < -0.3 is 5.41 Å². The lowest BCUT2D eigenvalue weighted by molar-refractivity contribution is 0.303. The number of fused-ring (bicyclic) bond motifs is 1. The zero-order chi connectivity index (χ0) is 20.4. The maximum absolute atomic E-state index is 10.1. The van der Waals surface area contributed by atoms with Crippen molar-refractivity contribution < 1.29 is 0 Å². The summed E-state index contributed by atoms with van der Waals surface area (Å²) in [6.45, 7) is 0. The van der Waals surface area contributed by atoms with E-state index in [-0.39, 0.29) is 17.5 Å². The largest absolute Gasteiger partial charge is 0.305 e. The van der Waals surface area contributed by atoms with Crippen molar-refractivity contribution in [1.82, 2.24) is 4.98 Å². The maximum atomic E-state index is 10.1. The minimum absolute atomic E-state index is 0.112. The fourth-order valence-electron chi connectivity index (χ4n) is 4.96. The molecule has 0 amide bonds. The molecule has 1 heterocycles. The summed E-state index contributed by atoms with van der Waals surface area (Å²) in [7, 11) is 0. The molecule has 4 rings (SSSR count). The zero-order valence-corrected chi connectivity index (χ0v) is 15.8. The molecule has 1 aromatic heterocycles. The van der Waals surface area contributed by atoms with Gasteiger partial charge in [0.25, 0.3) is 0 Å². The van der Waals surface area contributed by atoms with E-state index in [0.29, 0.717) is 0 Å². The molecule has 2 aliphatic rings. The van der Waals surface area contributed by atoms with Crippen LogP contribution < -0.4 is 0 Å². The molecule has 5 heteroatoms. The van der Waals surface area contributed by atoms with E-state index in [1.165, 1.54) is 5.56 Å². The third-order valence-corrected chi connectivity index (χ3v) is 6.32. The second kappa shape index (κ2) is 7.34. The van der Waals surface area contributed by atoms with Gasteiger partial charge in [0, 0.05) is 18.3 Å². The minimum atomic E-state index is -1.68. The van der Waals surface area contributed by atoms with Gasteiger partial charge in [0.2, 0.25) is 0 Å². The normalized spacial score (nSPS) is 27.5. The first kappa shape index (κ1) is 18.6. The second-order valence-corrected chi connectivity index (χ2v) is 7.66. The Balaban J connectivity index is 1.89. The third kappa shape index (κ3) is 2.82. The number of nitrogens with one attached hydrogen (secondary N) is 1. The summed E-state index contributed by atoms with van der Waals surface area (Å²) in [6.07, 6.45) is 6.91. The number of hydrogen-bond acceptors (Lipinski definition) is 5. The molecule has 5 nitrogen and oxygen atoms in total. The van der Waals surface area contributed by atoms with E-state index in [1.807, 2.05) is 24.3 Å². The van der Waals surface area contributed by atoms with Gasteiger partial charge in [-0.3, -0.25) is 4.98 Å². The highest BCUT2D eigenvalue weighted by Gasteiger charge is 2.57. The van der Waals surface area contributed by atoms with Crippen LogP contribution in [0.3, 0.4) is 0 Å². The van der Waals surface area contributed by atoms with Gasteiger partial charge in [-0.2, -0.15) is 15.8 Å². The fourth-order valence-corrected chi connectivity index (χ4v) is 4.96. The molecule has 1 saturated carbocycles. The highest BCUT2D eigenvalue weighted by molar-refractivity contribution is 6.00. The number of pyridine rings is 1. The van der Waals surface area contributed by atoms with Crippen molar-refractivity contribution >= 4 is 5.71 Å². The number of benzene rings is 1. The van der Waals surface area contributed by atoms with E-state index in [2.05, 4.69) is 41.4 Å². The average molecular weight is 377 g/mol. The molecule has 2 aromatic rings. The molecule has 1 N–H and O–H groups in total. The van der Waals surface area contributed by atoms with Gasteiger partial charge in [0.05, 0.1) is 23.9 Å². The van der Waals surface area contributed by atoms with Crippen LogP contribution in [0.1, 0.15) is 35.8 Å². The standard InChI is InChI=1S/C24H19N5/c25-12-21-19-9-8-17(16-5-2-1-3-6-16)11-20(19)22(18-7-4-10-29-13-18)24(14-26,15-27)23(21)28/h1-7,9-10,13,17,20-22,28H,8,11H2/t17-,20+,21?,22-/m0/s1. The van der Waals surface area contributed by atoms with Crippen LogP contribution in [0.4, 0.5) is 0 Å². The van der Waals surface area contributed by atoms with Gasteiger partial charge in [-0.1, -0.05) is 42.5 Å². The number of hydrogen-bond donors (Lipinski definition) is 1. The number of aromatic nitrogens is 1. The highest BCUT2D eigenvalue weighted by atomic mass is 14.7. The van der Waals surface area contributed by atoms with E-state index in [0.717, 1.165) is 24.0 Å². The summed E-state index contributed by atoms with van der Waals surface area (Å²) in [5, 5.41) is 38.6. The van der Waals surface area contributed by atoms with Crippen LogP contribution in [0.5, 0.6) is 0 Å². The van der Waals surface area contributed by atoms with E-state index in [9.17, 15) is 15.8 Å². The van der Waals surface area contributed by atoms with E-state index in [1.54, 1.807) is 18.5 Å². The molecule has 0 bridgehead atoms. The fraction of sp³-hybridized carbons (Fsp3) is 0.292. The van der Waals surface area contributed by atoms with Crippen molar-refractivity contribution in [2.75, 3.05) is 0 Å². The summed E-state index contributed by atoms with van der Waals surface area (Å²) in [5.74, 6) is -1.29. The smallest absolute Gasteiger partial charge is 0.189 e. The lowest BCUT2D eigenvalue weighted by Gasteiger charge is -2.47. The van der Waals surface area contributed by atoms with Crippen LogP contribution in [0.15, 0.2) is 66.5 Å². The quantitative estimate of drug-likeness (QED) is 0.778. The zero-order valence-electron chi connectivity index (χ0n) is 15.8. The van der Waals surface area contributed by atoms with Gasteiger partial charge in [0.1, 0.15) is 5.92 Å².